The summed E-state index contributed by atoms with van der Waals surface area (Å²) < 4.78 is 104. The third-order valence-corrected chi connectivity index (χ3v) is 5.74. The number of benzene rings is 2. The summed E-state index contributed by atoms with van der Waals surface area (Å²) >= 11 is 0. The Hall–Kier alpha value is -3.09. The number of nitrogens with zero attached hydrogens (tertiary/aromatic N) is 1. The highest BCUT2D eigenvalue weighted by molar-refractivity contribution is 7.90. The lowest BCUT2D eigenvalue weighted by molar-refractivity contribution is -0.153. The molecule has 0 N–H and O–H groups in total. The molecule has 1 aliphatic rings. The predicted molar refractivity (Wildman–Crippen MR) is 104 cm³/mol. The van der Waals surface area contributed by atoms with Crippen LogP contribution in [-0.2, 0) is 9.84 Å². The van der Waals surface area contributed by atoms with E-state index in [1.165, 1.54) is 0 Å². The summed E-state index contributed by atoms with van der Waals surface area (Å²) in [6.45, 7) is -1.91. The summed E-state index contributed by atoms with van der Waals surface area (Å²) in [5.74, 6) is -3.82. The molecular formula is C20H18F5NO6S. The van der Waals surface area contributed by atoms with Gasteiger partial charge in [-0.25, -0.2) is 17.2 Å². The van der Waals surface area contributed by atoms with Crippen LogP contribution >= 0.6 is 0 Å². The van der Waals surface area contributed by atoms with Gasteiger partial charge < -0.3 is 19.1 Å². The van der Waals surface area contributed by atoms with Crippen LogP contribution in [0.25, 0.3) is 0 Å². The van der Waals surface area contributed by atoms with E-state index in [0.717, 1.165) is 42.5 Å². The first-order valence-electron chi connectivity index (χ1n) is 9.31. The number of halogens is 5. The molecule has 1 fully saturated rings. The zero-order chi connectivity index (χ0) is 24.6. The van der Waals surface area contributed by atoms with Crippen molar-refractivity contribution in [3.05, 3.63) is 47.5 Å². The molecular weight excluding hydrogens is 477 g/mol. The van der Waals surface area contributed by atoms with Gasteiger partial charge in [0.05, 0.1) is 20.2 Å². The number of carbonyl (C=O) groups is 1. The Morgan fingerprint density at radius 2 is 1.76 bits per heavy atom. The molecule has 0 bridgehead atoms. The lowest BCUT2D eigenvalue weighted by Crippen LogP contribution is -2.56. The Morgan fingerprint density at radius 1 is 1.12 bits per heavy atom. The molecule has 2 aromatic rings. The van der Waals surface area contributed by atoms with Gasteiger partial charge in [-0.15, -0.1) is 0 Å². The molecule has 0 spiro atoms. The van der Waals surface area contributed by atoms with E-state index in [2.05, 4.69) is 0 Å². The van der Waals surface area contributed by atoms with Crippen molar-refractivity contribution in [1.29, 1.82) is 0 Å². The monoisotopic (exact) mass is 495 g/mol. The molecule has 1 heterocycles. The van der Waals surface area contributed by atoms with Gasteiger partial charge in [0.1, 0.15) is 28.1 Å². The first-order valence-corrected chi connectivity index (χ1v) is 11.2. The average Bonchev–Trinajstić information content (AvgIpc) is 2.67. The smallest absolute Gasteiger partial charge is 0.422 e. The second-order valence-corrected chi connectivity index (χ2v) is 9.15. The molecule has 0 saturated carbocycles. The number of carbonyl (C=O) groups excluding carboxylic acids is 1. The van der Waals surface area contributed by atoms with Crippen molar-refractivity contribution in [1.82, 2.24) is 4.90 Å². The minimum atomic E-state index is -4.71. The maximum absolute atomic E-state index is 13.8. The van der Waals surface area contributed by atoms with E-state index in [4.69, 9.17) is 14.2 Å². The molecule has 33 heavy (non-hydrogen) atoms. The van der Waals surface area contributed by atoms with Crippen molar-refractivity contribution in [3.63, 3.8) is 0 Å². The zero-order valence-electron chi connectivity index (χ0n) is 17.3. The highest BCUT2D eigenvalue weighted by Gasteiger charge is 2.38. The van der Waals surface area contributed by atoms with E-state index in [-0.39, 0.29) is 18.8 Å². The van der Waals surface area contributed by atoms with E-state index in [1.54, 1.807) is 0 Å². The van der Waals surface area contributed by atoms with Crippen molar-refractivity contribution < 1.29 is 49.4 Å². The van der Waals surface area contributed by atoms with Gasteiger partial charge in [-0.1, -0.05) is 0 Å². The van der Waals surface area contributed by atoms with Crippen molar-refractivity contribution in [2.24, 2.45) is 0 Å². The Bertz CT molecular complexity index is 1160. The van der Waals surface area contributed by atoms with Gasteiger partial charge in [0.2, 0.25) is 0 Å². The van der Waals surface area contributed by atoms with E-state index in [1.807, 2.05) is 0 Å². The van der Waals surface area contributed by atoms with Crippen LogP contribution < -0.4 is 14.2 Å². The highest BCUT2D eigenvalue weighted by atomic mass is 32.2. The van der Waals surface area contributed by atoms with Gasteiger partial charge in [0, 0.05) is 12.3 Å². The first-order chi connectivity index (χ1) is 15.3. The fourth-order valence-corrected chi connectivity index (χ4v) is 3.95. The van der Waals surface area contributed by atoms with Gasteiger partial charge in [0.25, 0.3) is 5.91 Å². The Kier molecular flexibility index (Phi) is 6.73. The summed E-state index contributed by atoms with van der Waals surface area (Å²) in [6, 6.07) is 4.63. The van der Waals surface area contributed by atoms with E-state index in [0.29, 0.717) is 6.07 Å². The second kappa shape index (κ2) is 9.04. The number of amides is 1. The van der Waals surface area contributed by atoms with Crippen molar-refractivity contribution in [2.45, 2.75) is 17.2 Å². The quantitative estimate of drug-likeness (QED) is 0.549. The van der Waals surface area contributed by atoms with E-state index < -0.39 is 68.2 Å². The summed E-state index contributed by atoms with van der Waals surface area (Å²) in [6.07, 6.45) is -4.55. The predicted octanol–water partition coefficient (Wildman–Crippen LogP) is 3.22. The third kappa shape index (κ3) is 5.64. The lowest BCUT2D eigenvalue weighted by Gasteiger charge is -2.39. The Morgan fingerprint density at radius 3 is 2.30 bits per heavy atom. The zero-order valence-corrected chi connectivity index (χ0v) is 18.1. The number of methoxy groups -OCH3 is 1. The first kappa shape index (κ1) is 24.6. The lowest BCUT2D eigenvalue weighted by atomic mass is 10.1. The van der Waals surface area contributed by atoms with Gasteiger partial charge in [-0.3, -0.25) is 4.79 Å². The minimum Gasteiger partial charge on any atom is -0.494 e. The SMILES string of the molecule is COc1c(S(C)(=O)=O)ccc(OCC(F)(F)F)c1C(=O)N1CC(Oc2ccc(F)cc2F)C1. The van der Waals surface area contributed by atoms with Crippen LogP contribution in [0.2, 0.25) is 0 Å². The molecule has 0 atom stereocenters. The fraction of sp³-hybridized carbons (Fsp3) is 0.350. The van der Waals surface area contributed by atoms with Crippen LogP contribution in [0.1, 0.15) is 10.4 Å². The number of hydrogen-bond acceptors (Lipinski definition) is 6. The van der Waals surface area contributed by atoms with Gasteiger partial charge in [-0.2, -0.15) is 13.2 Å². The van der Waals surface area contributed by atoms with Gasteiger partial charge in [-0.05, 0) is 24.3 Å². The molecule has 3 rings (SSSR count). The van der Waals surface area contributed by atoms with Crippen LogP contribution in [0, 0.1) is 11.6 Å². The molecule has 1 amide bonds. The van der Waals surface area contributed by atoms with Crippen molar-refractivity contribution in [2.75, 3.05) is 33.1 Å². The third-order valence-electron chi connectivity index (χ3n) is 4.61. The van der Waals surface area contributed by atoms with Crippen LogP contribution in [0.3, 0.4) is 0 Å². The number of rotatable bonds is 7. The molecule has 180 valence electrons. The molecule has 0 aromatic heterocycles. The minimum absolute atomic E-state index is 0.0966. The van der Waals surface area contributed by atoms with E-state index in [9.17, 15) is 35.2 Å². The topological polar surface area (TPSA) is 82.1 Å². The fourth-order valence-electron chi connectivity index (χ4n) is 3.11. The summed E-state index contributed by atoms with van der Waals surface area (Å²) in [5.41, 5.74) is -0.504. The summed E-state index contributed by atoms with van der Waals surface area (Å²) in [4.78, 5) is 13.8. The molecule has 1 aliphatic heterocycles. The molecule has 0 unspecified atom stereocenters. The Labute approximate surface area is 185 Å². The number of ether oxygens (including phenoxy) is 3. The molecule has 0 aliphatic carbocycles. The van der Waals surface area contributed by atoms with Crippen molar-refractivity contribution >= 4 is 15.7 Å². The number of likely N-dealkylation sites (tertiary alicyclic amines) is 1. The standard InChI is InChI=1S/C20H18F5NO6S/c1-30-18-16(33(2,28)29)6-5-15(31-10-20(23,24)25)17(18)19(27)26-8-12(9-26)32-14-4-3-11(21)7-13(14)22/h3-7,12H,8-10H2,1-2H3. The largest absolute Gasteiger partial charge is 0.494 e. The normalized spacial score (nSPS) is 14.6. The second-order valence-electron chi connectivity index (χ2n) is 7.17. The van der Waals surface area contributed by atoms with Crippen LogP contribution in [0.4, 0.5) is 22.0 Å². The van der Waals surface area contributed by atoms with E-state index >= 15 is 0 Å². The maximum atomic E-state index is 13.8. The molecule has 2 aromatic carbocycles. The van der Waals surface area contributed by atoms with Crippen LogP contribution in [0.5, 0.6) is 17.2 Å². The molecule has 7 nitrogen and oxygen atoms in total. The van der Waals surface area contributed by atoms with Crippen LogP contribution in [-0.4, -0.2) is 64.6 Å². The maximum Gasteiger partial charge on any atom is 0.422 e. The molecule has 0 radical (unpaired) electrons. The number of alkyl halides is 3. The average molecular weight is 495 g/mol. The van der Waals surface area contributed by atoms with Gasteiger partial charge in [0.15, 0.2) is 33.8 Å². The van der Waals surface area contributed by atoms with Crippen molar-refractivity contribution in [3.8, 4) is 17.2 Å². The number of hydrogen-bond donors (Lipinski definition) is 0. The Balaban J connectivity index is 1.86. The highest BCUT2D eigenvalue weighted by Crippen LogP contribution is 2.37. The molecule has 1 saturated heterocycles. The van der Waals surface area contributed by atoms with Gasteiger partial charge >= 0.3 is 6.18 Å². The molecule has 13 heteroatoms. The number of sulfone groups is 1. The van der Waals surface area contributed by atoms with Crippen LogP contribution in [0.15, 0.2) is 35.2 Å². The summed E-state index contributed by atoms with van der Waals surface area (Å²) in [7, 11) is -2.84. The summed E-state index contributed by atoms with van der Waals surface area (Å²) in [5, 5.41) is 0.